The van der Waals surface area contributed by atoms with Gasteiger partial charge in [0.05, 0.1) is 6.61 Å². The zero-order chi connectivity index (χ0) is 25.9. The molecule has 3 atom stereocenters. The second kappa shape index (κ2) is 10.6. The maximum atomic E-state index is 13.8. The Kier molecular flexibility index (Phi) is 7.28. The van der Waals surface area contributed by atoms with E-state index in [9.17, 15) is 19.5 Å². The zero-order valence-corrected chi connectivity index (χ0v) is 20.5. The van der Waals surface area contributed by atoms with Gasteiger partial charge in [-0.05, 0) is 24.0 Å². The van der Waals surface area contributed by atoms with Crippen molar-refractivity contribution in [1.82, 2.24) is 4.90 Å². The smallest absolute Gasteiger partial charge is 0.330 e. The molecule has 1 amide bonds. The third-order valence-electron chi connectivity index (χ3n) is 7.55. The Morgan fingerprint density at radius 1 is 0.919 bits per heavy atom. The van der Waals surface area contributed by atoms with E-state index in [1.807, 2.05) is 24.3 Å². The van der Waals surface area contributed by atoms with Crippen LogP contribution in [-0.4, -0.2) is 59.1 Å². The van der Waals surface area contributed by atoms with Gasteiger partial charge in [-0.15, -0.1) is 0 Å². The van der Waals surface area contributed by atoms with Crippen molar-refractivity contribution < 1.29 is 38.4 Å². The second-order valence-corrected chi connectivity index (χ2v) is 9.79. The lowest BCUT2D eigenvalue weighted by atomic mass is 9.75. The van der Waals surface area contributed by atoms with E-state index < -0.39 is 48.5 Å². The van der Waals surface area contributed by atoms with E-state index in [1.165, 1.54) is 4.90 Å². The molecule has 9 nitrogen and oxygen atoms in total. The summed E-state index contributed by atoms with van der Waals surface area (Å²) >= 11 is 0. The van der Waals surface area contributed by atoms with E-state index in [4.69, 9.17) is 18.9 Å². The number of aliphatic hydroxyl groups is 1. The first kappa shape index (κ1) is 25.4. The molecule has 2 aromatic carbocycles. The van der Waals surface area contributed by atoms with Gasteiger partial charge in [0.2, 0.25) is 0 Å². The molecule has 3 unspecified atom stereocenters. The number of fused-ring (bicyclic) bond motifs is 1. The Hall–Kier alpha value is -3.27. The van der Waals surface area contributed by atoms with Gasteiger partial charge in [0.25, 0.3) is 11.7 Å². The third kappa shape index (κ3) is 4.52. The number of hydrogen-bond acceptors (Lipinski definition) is 8. The van der Waals surface area contributed by atoms with Crippen LogP contribution in [0.25, 0.3) is 0 Å². The largest absolute Gasteiger partial charge is 0.460 e. The molecule has 1 aliphatic carbocycles. The van der Waals surface area contributed by atoms with Crippen LogP contribution in [0, 0.1) is 5.41 Å². The Bertz CT molecular complexity index is 1120. The lowest BCUT2D eigenvalue weighted by Crippen LogP contribution is -2.65. The third-order valence-corrected chi connectivity index (χ3v) is 7.55. The predicted molar refractivity (Wildman–Crippen MR) is 129 cm³/mol. The van der Waals surface area contributed by atoms with Gasteiger partial charge < -0.3 is 29.0 Å². The number of benzene rings is 2. The van der Waals surface area contributed by atoms with Gasteiger partial charge in [-0.3, -0.25) is 9.59 Å². The normalized spacial score (nSPS) is 28.0. The van der Waals surface area contributed by atoms with Gasteiger partial charge in [-0.1, -0.05) is 79.9 Å². The quantitative estimate of drug-likeness (QED) is 0.567. The first-order valence-corrected chi connectivity index (χ1v) is 12.7. The zero-order valence-electron chi connectivity index (χ0n) is 20.5. The number of nitrogens with zero attached hydrogens (tertiary/aromatic N) is 1. The fraction of sp³-hybridized carbons (Fsp3) is 0.464. The van der Waals surface area contributed by atoms with E-state index in [2.05, 4.69) is 0 Å². The second-order valence-electron chi connectivity index (χ2n) is 9.79. The summed E-state index contributed by atoms with van der Waals surface area (Å²) in [5.74, 6) is -5.22. The Balaban J connectivity index is 1.51. The Morgan fingerprint density at radius 3 is 2.14 bits per heavy atom. The van der Waals surface area contributed by atoms with Crippen LogP contribution < -0.4 is 0 Å². The van der Waals surface area contributed by atoms with Crippen LogP contribution >= 0.6 is 0 Å². The molecule has 5 rings (SSSR count). The number of ether oxygens (including phenoxy) is 4. The van der Waals surface area contributed by atoms with E-state index in [0.29, 0.717) is 18.4 Å². The summed E-state index contributed by atoms with van der Waals surface area (Å²) in [4.78, 5) is 42.7. The molecule has 0 radical (unpaired) electrons. The summed E-state index contributed by atoms with van der Waals surface area (Å²) in [5.41, 5.74) is -0.691. The van der Waals surface area contributed by atoms with Crippen LogP contribution in [0.5, 0.6) is 0 Å². The van der Waals surface area contributed by atoms with Crippen molar-refractivity contribution in [2.75, 3.05) is 13.4 Å². The minimum atomic E-state index is -2.62. The molecule has 3 aliphatic rings. The van der Waals surface area contributed by atoms with Crippen LogP contribution in [0.2, 0.25) is 0 Å². The average Bonchev–Trinajstić information content (AvgIpc) is 3.16. The van der Waals surface area contributed by atoms with E-state index in [-0.39, 0.29) is 19.3 Å². The van der Waals surface area contributed by atoms with E-state index in [1.54, 1.807) is 36.4 Å². The molecule has 2 aromatic rings. The van der Waals surface area contributed by atoms with Crippen molar-refractivity contribution in [2.45, 2.75) is 63.2 Å². The number of carbonyl (C=O) groups is 3. The molecule has 0 aromatic heterocycles. The van der Waals surface area contributed by atoms with Crippen LogP contribution in [-0.2, 0) is 46.5 Å². The SMILES string of the molecule is O=C(OCc1ccccc1)C1N(C2CCCCC2)C(=O)C2(O)OCOCC12C(=O)OCc1ccccc1. The van der Waals surface area contributed by atoms with Gasteiger partial charge in [0.15, 0.2) is 18.2 Å². The van der Waals surface area contributed by atoms with Crippen molar-refractivity contribution in [2.24, 2.45) is 5.41 Å². The van der Waals surface area contributed by atoms with Crippen LogP contribution in [0.1, 0.15) is 43.2 Å². The number of rotatable bonds is 7. The lowest BCUT2D eigenvalue weighted by molar-refractivity contribution is -0.321. The molecule has 37 heavy (non-hydrogen) atoms. The van der Waals surface area contributed by atoms with Crippen molar-refractivity contribution >= 4 is 17.8 Å². The molecule has 2 saturated heterocycles. The predicted octanol–water partition coefficient (Wildman–Crippen LogP) is 2.70. The van der Waals surface area contributed by atoms with Crippen LogP contribution in [0.3, 0.4) is 0 Å². The van der Waals surface area contributed by atoms with Crippen molar-refractivity contribution in [3.8, 4) is 0 Å². The minimum Gasteiger partial charge on any atom is -0.460 e. The maximum absolute atomic E-state index is 13.8. The molecule has 9 heteroatoms. The summed E-state index contributed by atoms with van der Waals surface area (Å²) in [6, 6.07) is 16.3. The number of carbonyl (C=O) groups excluding carboxylic acids is 3. The highest BCUT2D eigenvalue weighted by Gasteiger charge is 2.79. The highest BCUT2D eigenvalue weighted by Crippen LogP contribution is 2.52. The summed E-state index contributed by atoms with van der Waals surface area (Å²) in [6.45, 7) is -1.00. The summed E-state index contributed by atoms with van der Waals surface area (Å²) in [7, 11) is 0. The van der Waals surface area contributed by atoms with Crippen molar-refractivity contribution in [3.05, 3.63) is 71.8 Å². The van der Waals surface area contributed by atoms with Gasteiger partial charge in [-0.25, -0.2) is 4.79 Å². The van der Waals surface area contributed by atoms with Gasteiger partial charge in [0, 0.05) is 6.04 Å². The molecule has 0 bridgehead atoms. The molecule has 196 valence electrons. The van der Waals surface area contributed by atoms with Gasteiger partial charge >= 0.3 is 11.9 Å². The highest BCUT2D eigenvalue weighted by molar-refractivity contribution is 6.03. The summed E-state index contributed by atoms with van der Waals surface area (Å²) in [5, 5.41) is 11.7. The fourth-order valence-electron chi connectivity index (χ4n) is 5.62. The van der Waals surface area contributed by atoms with Crippen LogP contribution in [0.15, 0.2) is 60.7 Å². The van der Waals surface area contributed by atoms with Gasteiger partial charge in [-0.2, -0.15) is 0 Å². The lowest BCUT2D eigenvalue weighted by Gasteiger charge is -2.42. The molecule has 1 N–H and O–H groups in total. The summed E-state index contributed by atoms with van der Waals surface area (Å²) < 4.78 is 22.2. The Morgan fingerprint density at radius 2 is 1.51 bits per heavy atom. The number of amides is 1. The Labute approximate surface area is 215 Å². The first-order chi connectivity index (χ1) is 18.0. The standard InChI is InChI=1S/C28H31NO8/c30-24(35-16-20-10-4-1-5-11-20)23-27(26(32)36-17-21-12-6-2-7-13-21)18-34-19-37-28(27,33)25(31)29(23)22-14-8-3-9-15-22/h1-2,4-7,10-13,22-23,33H,3,8-9,14-19H2. The molecular weight excluding hydrogens is 478 g/mol. The van der Waals surface area contributed by atoms with Crippen molar-refractivity contribution in [3.63, 3.8) is 0 Å². The molecule has 2 aliphatic heterocycles. The summed E-state index contributed by atoms with van der Waals surface area (Å²) in [6.07, 6.45) is 4.01. The molecular formula is C28H31NO8. The van der Waals surface area contributed by atoms with Gasteiger partial charge in [0.1, 0.15) is 13.2 Å². The number of hydrogen-bond donors (Lipinski definition) is 1. The monoisotopic (exact) mass is 509 g/mol. The molecule has 0 spiro atoms. The average molecular weight is 510 g/mol. The number of likely N-dealkylation sites (tertiary alicyclic amines) is 1. The molecule has 3 fully saturated rings. The molecule has 1 saturated carbocycles. The fourth-order valence-corrected chi connectivity index (χ4v) is 5.62. The van der Waals surface area contributed by atoms with E-state index >= 15 is 0 Å². The van der Waals surface area contributed by atoms with Crippen molar-refractivity contribution in [1.29, 1.82) is 0 Å². The van der Waals surface area contributed by atoms with Crippen LogP contribution in [0.4, 0.5) is 0 Å². The topological polar surface area (TPSA) is 112 Å². The minimum absolute atomic E-state index is 0.0574. The molecule has 2 heterocycles. The highest BCUT2D eigenvalue weighted by atomic mass is 16.7. The van der Waals surface area contributed by atoms with E-state index in [0.717, 1.165) is 24.8 Å². The number of esters is 2. The maximum Gasteiger partial charge on any atom is 0.330 e. The first-order valence-electron chi connectivity index (χ1n) is 12.7.